The Morgan fingerprint density at radius 3 is 1.95 bits per heavy atom. The van der Waals surface area contributed by atoms with Crippen molar-refractivity contribution in [3.8, 4) is 0 Å². The van der Waals surface area contributed by atoms with Crippen LogP contribution < -0.4 is 0 Å². The van der Waals surface area contributed by atoms with Crippen molar-refractivity contribution in [2.24, 2.45) is 0 Å². The molecule has 1 fully saturated rings. The van der Waals surface area contributed by atoms with Gasteiger partial charge in [-0.25, -0.2) is 0 Å². The molecule has 0 aliphatic carbocycles. The lowest BCUT2D eigenvalue weighted by atomic mass is 9.78. The lowest BCUT2D eigenvalue weighted by molar-refractivity contribution is -0.162. The molecule has 5 nitrogen and oxygen atoms in total. The zero-order chi connectivity index (χ0) is 16.3. The SMILES string of the molecule is CCN1C(C)(C)CC(OC(=O)CCC(=O)OC)CC1(C)C. The molecule has 122 valence electrons. The Labute approximate surface area is 128 Å². The van der Waals surface area contributed by atoms with Gasteiger partial charge in [-0.05, 0) is 34.2 Å². The number of hydrogen-bond acceptors (Lipinski definition) is 5. The van der Waals surface area contributed by atoms with Gasteiger partial charge < -0.3 is 9.47 Å². The average molecular weight is 299 g/mol. The van der Waals surface area contributed by atoms with Gasteiger partial charge in [0.25, 0.3) is 0 Å². The Hall–Kier alpha value is -1.10. The monoisotopic (exact) mass is 299 g/mol. The van der Waals surface area contributed by atoms with Gasteiger partial charge >= 0.3 is 11.9 Å². The van der Waals surface area contributed by atoms with E-state index in [1.807, 2.05) is 0 Å². The predicted octanol–water partition coefficient (Wildman–Crippen LogP) is 2.52. The molecular formula is C16H29NO4. The van der Waals surface area contributed by atoms with Gasteiger partial charge in [0.2, 0.25) is 0 Å². The summed E-state index contributed by atoms with van der Waals surface area (Å²) < 4.78 is 10.1. The summed E-state index contributed by atoms with van der Waals surface area (Å²) in [6.45, 7) is 11.9. The normalized spacial score (nSPS) is 21.8. The molecule has 0 atom stereocenters. The van der Waals surface area contributed by atoms with E-state index in [4.69, 9.17) is 4.74 Å². The van der Waals surface area contributed by atoms with E-state index < -0.39 is 0 Å². The number of carbonyl (C=O) groups is 2. The topological polar surface area (TPSA) is 55.8 Å². The summed E-state index contributed by atoms with van der Waals surface area (Å²) in [5.74, 6) is -0.699. The van der Waals surface area contributed by atoms with Crippen molar-refractivity contribution in [1.29, 1.82) is 0 Å². The summed E-state index contributed by atoms with van der Waals surface area (Å²) in [4.78, 5) is 25.4. The van der Waals surface area contributed by atoms with E-state index in [2.05, 4.69) is 44.3 Å². The minimum atomic E-state index is -0.381. The molecule has 0 amide bonds. The summed E-state index contributed by atoms with van der Waals surface area (Å²) in [7, 11) is 1.32. The molecule has 0 unspecified atom stereocenters. The molecule has 0 spiro atoms. The van der Waals surface area contributed by atoms with Gasteiger partial charge in [-0.2, -0.15) is 0 Å². The molecule has 1 rings (SSSR count). The predicted molar refractivity (Wildman–Crippen MR) is 80.9 cm³/mol. The van der Waals surface area contributed by atoms with Gasteiger partial charge in [0.05, 0.1) is 20.0 Å². The third-order valence-electron chi connectivity index (χ3n) is 4.29. The maximum atomic E-state index is 11.9. The Morgan fingerprint density at radius 1 is 1.05 bits per heavy atom. The molecular weight excluding hydrogens is 270 g/mol. The quantitative estimate of drug-likeness (QED) is 0.730. The number of piperidine rings is 1. The van der Waals surface area contributed by atoms with Crippen LogP contribution in [-0.4, -0.2) is 47.7 Å². The Kier molecular flexibility index (Phi) is 5.79. The van der Waals surface area contributed by atoms with Gasteiger partial charge in [-0.1, -0.05) is 6.92 Å². The molecule has 0 radical (unpaired) electrons. The van der Waals surface area contributed by atoms with Crippen molar-refractivity contribution < 1.29 is 19.1 Å². The fourth-order valence-corrected chi connectivity index (χ4v) is 3.72. The largest absolute Gasteiger partial charge is 0.469 e. The van der Waals surface area contributed by atoms with E-state index in [0.29, 0.717) is 0 Å². The van der Waals surface area contributed by atoms with E-state index in [9.17, 15) is 9.59 Å². The summed E-state index contributed by atoms with van der Waals surface area (Å²) in [6.07, 6.45) is 1.70. The van der Waals surface area contributed by atoms with Crippen molar-refractivity contribution in [1.82, 2.24) is 4.90 Å². The lowest BCUT2D eigenvalue weighted by Crippen LogP contribution is -2.62. The molecule has 0 aromatic carbocycles. The smallest absolute Gasteiger partial charge is 0.306 e. The number of methoxy groups -OCH3 is 1. The van der Waals surface area contributed by atoms with Crippen molar-refractivity contribution in [2.75, 3.05) is 13.7 Å². The van der Waals surface area contributed by atoms with E-state index in [0.717, 1.165) is 19.4 Å². The first-order chi connectivity index (χ1) is 9.62. The van der Waals surface area contributed by atoms with Crippen molar-refractivity contribution >= 4 is 11.9 Å². The fraction of sp³-hybridized carbons (Fsp3) is 0.875. The van der Waals surface area contributed by atoms with Crippen LogP contribution in [-0.2, 0) is 19.1 Å². The van der Waals surface area contributed by atoms with Gasteiger partial charge in [0.1, 0.15) is 6.10 Å². The maximum absolute atomic E-state index is 11.9. The Bertz CT molecular complexity index is 372. The van der Waals surface area contributed by atoms with Crippen LogP contribution in [0.25, 0.3) is 0 Å². The van der Waals surface area contributed by atoms with E-state index >= 15 is 0 Å². The van der Waals surface area contributed by atoms with Crippen LogP contribution in [0.2, 0.25) is 0 Å². The van der Waals surface area contributed by atoms with Crippen LogP contribution in [0.3, 0.4) is 0 Å². The molecule has 5 heteroatoms. The summed E-state index contributed by atoms with van der Waals surface area (Å²) in [5, 5.41) is 0. The van der Waals surface area contributed by atoms with Crippen molar-refractivity contribution in [2.45, 2.75) is 77.5 Å². The number of rotatable bonds is 5. The average Bonchev–Trinajstić information content (AvgIpc) is 2.33. The zero-order valence-electron chi connectivity index (χ0n) is 14.2. The number of esters is 2. The first-order valence-electron chi connectivity index (χ1n) is 7.66. The van der Waals surface area contributed by atoms with E-state index in [1.165, 1.54) is 7.11 Å². The summed E-state index contributed by atoms with van der Waals surface area (Å²) >= 11 is 0. The highest BCUT2D eigenvalue weighted by molar-refractivity contribution is 5.77. The van der Waals surface area contributed by atoms with E-state index in [1.54, 1.807) is 0 Å². The Morgan fingerprint density at radius 2 is 1.52 bits per heavy atom. The lowest BCUT2D eigenvalue weighted by Gasteiger charge is -2.54. The third kappa shape index (κ3) is 4.70. The van der Waals surface area contributed by atoms with Gasteiger partial charge in [-0.15, -0.1) is 0 Å². The molecule has 0 aromatic rings. The number of nitrogens with zero attached hydrogens (tertiary/aromatic N) is 1. The highest BCUT2D eigenvalue weighted by Gasteiger charge is 2.45. The van der Waals surface area contributed by atoms with Crippen LogP contribution in [0, 0.1) is 0 Å². The van der Waals surface area contributed by atoms with Crippen LogP contribution in [0.5, 0.6) is 0 Å². The third-order valence-corrected chi connectivity index (χ3v) is 4.29. The second kappa shape index (κ2) is 6.77. The number of carbonyl (C=O) groups excluding carboxylic acids is 2. The number of hydrogen-bond donors (Lipinski definition) is 0. The minimum Gasteiger partial charge on any atom is -0.469 e. The molecule has 1 aliphatic heterocycles. The summed E-state index contributed by atoms with van der Waals surface area (Å²) in [6, 6.07) is 0. The molecule has 1 saturated heterocycles. The number of ether oxygens (including phenoxy) is 2. The van der Waals surface area contributed by atoms with E-state index in [-0.39, 0.29) is 42.0 Å². The molecule has 0 saturated carbocycles. The van der Waals surface area contributed by atoms with Crippen molar-refractivity contribution in [3.63, 3.8) is 0 Å². The van der Waals surface area contributed by atoms with Crippen LogP contribution in [0.1, 0.15) is 60.3 Å². The van der Waals surface area contributed by atoms with Gasteiger partial charge in [0, 0.05) is 23.9 Å². The minimum absolute atomic E-state index is 0.0101. The van der Waals surface area contributed by atoms with Crippen LogP contribution in [0.15, 0.2) is 0 Å². The zero-order valence-corrected chi connectivity index (χ0v) is 14.2. The summed E-state index contributed by atoms with van der Waals surface area (Å²) in [5.41, 5.74) is -0.0202. The van der Waals surface area contributed by atoms with Gasteiger partial charge in [-0.3, -0.25) is 14.5 Å². The van der Waals surface area contributed by atoms with Crippen LogP contribution >= 0.6 is 0 Å². The highest BCUT2D eigenvalue weighted by Crippen LogP contribution is 2.39. The number of likely N-dealkylation sites (tertiary alicyclic amines) is 1. The highest BCUT2D eigenvalue weighted by atomic mass is 16.5. The second-order valence-corrected chi connectivity index (χ2v) is 6.97. The molecule has 0 aromatic heterocycles. The van der Waals surface area contributed by atoms with Gasteiger partial charge in [0.15, 0.2) is 0 Å². The van der Waals surface area contributed by atoms with Crippen LogP contribution in [0.4, 0.5) is 0 Å². The van der Waals surface area contributed by atoms with Crippen molar-refractivity contribution in [3.05, 3.63) is 0 Å². The first kappa shape index (κ1) is 18.0. The second-order valence-electron chi connectivity index (χ2n) is 6.97. The Balaban J connectivity index is 2.61. The maximum Gasteiger partial charge on any atom is 0.306 e. The molecule has 1 heterocycles. The standard InChI is InChI=1S/C16H29NO4/c1-7-17-15(2,3)10-12(11-16(17,4)5)21-14(19)9-8-13(18)20-6/h12H,7-11H2,1-6H3. The molecule has 1 aliphatic rings. The fourth-order valence-electron chi connectivity index (χ4n) is 3.72. The molecule has 21 heavy (non-hydrogen) atoms. The first-order valence-corrected chi connectivity index (χ1v) is 7.66. The molecule has 0 N–H and O–H groups in total. The molecule has 0 bridgehead atoms.